The molecule has 0 saturated heterocycles. The van der Waals surface area contributed by atoms with Gasteiger partial charge in [0.15, 0.2) is 5.82 Å². The van der Waals surface area contributed by atoms with Crippen molar-refractivity contribution < 1.29 is 23.5 Å². The second-order valence-corrected chi connectivity index (χ2v) is 10.4. The van der Waals surface area contributed by atoms with Gasteiger partial charge in [0.05, 0.1) is 23.7 Å². The van der Waals surface area contributed by atoms with Crippen LogP contribution in [0.3, 0.4) is 0 Å². The summed E-state index contributed by atoms with van der Waals surface area (Å²) in [5.41, 5.74) is 2.41. The Hall–Kier alpha value is -3.75. The highest BCUT2D eigenvalue weighted by Crippen LogP contribution is 2.34. The number of halogens is 1. The van der Waals surface area contributed by atoms with Crippen molar-refractivity contribution in [1.29, 1.82) is 0 Å². The molecule has 1 aliphatic carbocycles. The van der Waals surface area contributed by atoms with Gasteiger partial charge in [0.1, 0.15) is 17.1 Å². The van der Waals surface area contributed by atoms with Crippen molar-refractivity contribution in [1.82, 2.24) is 15.3 Å². The number of esters is 1. The van der Waals surface area contributed by atoms with E-state index in [-0.39, 0.29) is 17.9 Å². The molecule has 1 fully saturated rings. The summed E-state index contributed by atoms with van der Waals surface area (Å²) in [6.07, 6.45) is 2.87. The molecule has 1 saturated carbocycles. The van der Waals surface area contributed by atoms with E-state index >= 15 is 0 Å². The van der Waals surface area contributed by atoms with Gasteiger partial charge in [-0.3, -0.25) is 0 Å². The Kier molecular flexibility index (Phi) is 7.61. The third-order valence-corrected chi connectivity index (χ3v) is 6.48. The summed E-state index contributed by atoms with van der Waals surface area (Å²) in [6, 6.07) is 11.4. The Morgan fingerprint density at radius 1 is 1.00 bits per heavy atom. The summed E-state index contributed by atoms with van der Waals surface area (Å²) >= 11 is 0. The van der Waals surface area contributed by atoms with Crippen LogP contribution < -0.4 is 10.2 Å². The minimum absolute atomic E-state index is 0.0429. The van der Waals surface area contributed by atoms with Gasteiger partial charge in [-0.05, 0) is 88.9 Å². The van der Waals surface area contributed by atoms with Gasteiger partial charge >= 0.3 is 12.1 Å². The quantitative estimate of drug-likeness (QED) is 0.455. The molecule has 1 heterocycles. The van der Waals surface area contributed by atoms with E-state index in [1.54, 1.807) is 30.3 Å². The summed E-state index contributed by atoms with van der Waals surface area (Å²) in [7, 11) is 3.31. The fourth-order valence-electron chi connectivity index (χ4n) is 4.59. The Labute approximate surface area is 216 Å². The van der Waals surface area contributed by atoms with Crippen molar-refractivity contribution in [2.45, 2.75) is 64.1 Å². The number of ether oxygens (including phenoxy) is 2. The van der Waals surface area contributed by atoms with Gasteiger partial charge in [0.25, 0.3) is 0 Å². The molecule has 1 N–H and O–H groups in total. The highest BCUT2D eigenvalue weighted by atomic mass is 19.1. The van der Waals surface area contributed by atoms with E-state index in [2.05, 4.69) is 10.2 Å². The Bertz CT molecular complexity index is 1280. The minimum Gasteiger partial charge on any atom is -0.465 e. The van der Waals surface area contributed by atoms with Crippen molar-refractivity contribution in [3.8, 4) is 11.3 Å². The molecule has 0 radical (unpaired) electrons. The van der Waals surface area contributed by atoms with Gasteiger partial charge in [-0.25, -0.2) is 23.9 Å². The maximum atomic E-state index is 13.6. The molecule has 1 aromatic heterocycles. The molecule has 8 nitrogen and oxygen atoms in total. The second kappa shape index (κ2) is 10.7. The highest BCUT2D eigenvalue weighted by molar-refractivity contribution is 5.94. The predicted octanol–water partition coefficient (Wildman–Crippen LogP) is 5.49. The maximum Gasteiger partial charge on any atom is 0.407 e. The SMILES string of the molecule is COC(=O)c1ccc2nc(-c3ccc(F)cc3)c(N(C)[C@H]3CC[C@H](NC(=O)OC(C)(C)C)CC3)nc2c1. The van der Waals surface area contributed by atoms with Gasteiger partial charge in [-0.1, -0.05) is 0 Å². The number of hydrogen-bond acceptors (Lipinski definition) is 7. The van der Waals surface area contributed by atoms with Gasteiger partial charge in [0.2, 0.25) is 0 Å². The zero-order valence-corrected chi connectivity index (χ0v) is 21.9. The fourth-order valence-corrected chi connectivity index (χ4v) is 4.59. The summed E-state index contributed by atoms with van der Waals surface area (Å²) in [5.74, 6) is -0.132. The first-order chi connectivity index (χ1) is 17.5. The number of fused-ring (bicyclic) bond motifs is 1. The van der Waals surface area contributed by atoms with E-state index in [1.807, 2.05) is 27.8 Å². The third-order valence-electron chi connectivity index (χ3n) is 6.48. The number of nitrogens with one attached hydrogen (secondary N) is 1. The molecule has 1 amide bonds. The maximum absolute atomic E-state index is 13.6. The van der Waals surface area contributed by atoms with Crippen LogP contribution in [0.1, 0.15) is 56.8 Å². The van der Waals surface area contributed by atoms with Crippen molar-refractivity contribution in [3.63, 3.8) is 0 Å². The summed E-state index contributed by atoms with van der Waals surface area (Å²) in [4.78, 5) is 36.1. The molecule has 1 aliphatic rings. The Morgan fingerprint density at radius 2 is 1.68 bits per heavy atom. The largest absolute Gasteiger partial charge is 0.465 e. The Morgan fingerprint density at radius 3 is 2.30 bits per heavy atom. The molecular weight excluding hydrogens is 475 g/mol. The molecule has 196 valence electrons. The third kappa shape index (κ3) is 6.34. The van der Waals surface area contributed by atoms with Crippen LogP contribution in [0, 0.1) is 5.82 Å². The van der Waals surface area contributed by atoms with Crippen LogP contribution >= 0.6 is 0 Å². The fraction of sp³-hybridized carbons (Fsp3) is 0.429. The molecule has 0 spiro atoms. The van der Waals surface area contributed by atoms with E-state index in [0.717, 1.165) is 31.2 Å². The lowest BCUT2D eigenvalue weighted by Crippen LogP contribution is -2.44. The number of benzene rings is 2. The number of methoxy groups -OCH3 is 1. The molecule has 9 heteroatoms. The van der Waals surface area contributed by atoms with Gasteiger partial charge < -0.3 is 19.7 Å². The lowest BCUT2D eigenvalue weighted by molar-refractivity contribution is 0.0490. The summed E-state index contributed by atoms with van der Waals surface area (Å²) in [5, 5.41) is 2.98. The molecule has 3 aromatic rings. The van der Waals surface area contributed by atoms with Crippen molar-refractivity contribution >= 4 is 28.9 Å². The number of amides is 1. The van der Waals surface area contributed by atoms with Crippen LogP contribution in [0.15, 0.2) is 42.5 Å². The van der Waals surface area contributed by atoms with E-state index in [0.29, 0.717) is 28.1 Å². The van der Waals surface area contributed by atoms with Crippen molar-refractivity contribution in [2.75, 3.05) is 19.1 Å². The number of aromatic nitrogens is 2. The van der Waals surface area contributed by atoms with Crippen molar-refractivity contribution in [2.24, 2.45) is 0 Å². The first-order valence-electron chi connectivity index (χ1n) is 12.4. The molecule has 2 aromatic carbocycles. The zero-order valence-electron chi connectivity index (χ0n) is 21.9. The van der Waals surface area contributed by atoms with Gasteiger partial charge in [-0.15, -0.1) is 0 Å². The normalized spacial score (nSPS) is 17.8. The highest BCUT2D eigenvalue weighted by Gasteiger charge is 2.29. The molecule has 0 aliphatic heterocycles. The molecule has 0 bridgehead atoms. The average Bonchev–Trinajstić information content (AvgIpc) is 2.86. The number of hydrogen-bond donors (Lipinski definition) is 1. The average molecular weight is 509 g/mol. The molecule has 0 unspecified atom stereocenters. The summed E-state index contributed by atoms with van der Waals surface area (Å²) < 4.78 is 23.9. The van der Waals surface area contributed by atoms with E-state index in [1.165, 1.54) is 19.2 Å². The van der Waals surface area contributed by atoms with Crippen LogP contribution in [0.4, 0.5) is 15.0 Å². The van der Waals surface area contributed by atoms with E-state index in [9.17, 15) is 14.0 Å². The molecule has 37 heavy (non-hydrogen) atoms. The van der Waals surface area contributed by atoms with Crippen molar-refractivity contribution in [3.05, 3.63) is 53.8 Å². The predicted molar refractivity (Wildman–Crippen MR) is 140 cm³/mol. The minimum atomic E-state index is -0.541. The van der Waals surface area contributed by atoms with Crippen LogP contribution in [0.2, 0.25) is 0 Å². The lowest BCUT2D eigenvalue weighted by atomic mass is 9.90. The molecule has 0 atom stereocenters. The van der Waals surface area contributed by atoms with Crippen LogP contribution in [0.25, 0.3) is 22.3 Å². The molecule has 4 rings (SSSR count). The summed E-state index contributed by atoms with van der Waals surface area (Å²) in [6.45, 7) is 5.53. The number of rotatable bonds is 5. The lowest BCUT2D eigenvalue weighted by Gasteiger charge is -2.36. The molecular formula is C28H33FN4O4. The monoisotopic (exact) mass is 508 g/mol. The van der Waals surface area contributed by atoms with E-state index in [4.69, 9.17) is 19.4 Å². The topological polar surface area (TPSA) is 93.7 Å². The number of alkyl carbamates (subject to hydrolysis) is 1. The van der Waals surface area contributed by atoms with Crippen LogP contribution in [-0.2, 0) is 9.47 Å². The van der Waals surface area contributed by atoms with Gasteiger partial charge in [-0.2, -0.15) is 0 Å². The first-order valence-corrected chi connectivity index (χ1v) is 12.4. The standard InChI is InChI=1S/C28H33FN4O4/c1-28(2,3)37-27(35)30-20-11-13-21(14-12-20)33(4)25-24(17-6-9-19(29)10-7-17)31-22-15-8-18(26(34)36-5)16-23(22)32-25/h6-10,15-16,20-21H,11-14H2,1-5H3,(H,30,35)/t20-,21-. The van der Waals surface area contributed by atoms with Crippen LogP contribution in [0.5, 0.6) is 0 Å². The Balaban J connectivity index is 1.60. The first kappa shape index (κ1) is 26.3. The second-order valence-electron chi connectivity index (χ2n) is 10.4. The number of carbonyl (C=O) groups excluding carboxylic acids is 2. The number of anilines is 1. The zero-order chi connectivity index (χ0) is 26.7. The van der Waals surface area contributed by atoms with E-state index < -0.39 is 17.7 Å². The number of carbonyl (C=O) groups is 2. The van der Waals surface area contributed by atoms with Crippen LogP contribution in [-0.4, -0.2) is 53.9 Å². The number of nitrogens with zero attached hydrogens (tertiary/aromatic N) is 3. The smallest absolute Gasteiger partial charge is 0.407 e. The van der Waals surface area contributed by atoms with Gasteiger partial charge in [0, 0.05) is 24.7 Å².